The summed E-state index contributed by atoms with van der Waals surface area (Å²) in [7, 11) is 0. The Labute approximate surface area is 102 Å². The maximum Gasteiger partial charge on any atom is 0.170 e. The molecule has 0 atom stereocenters. The lowest BCUT2D eigenvalue weighted by atomic mass is 10.2. The second kappa shape index (κ2) is 4.64. The van der Waals surface area contributed by atoms with Gasteiger partial charge in [0, 0.05) is 0 Å². The first kappa shape index (κ1) is 11.1. The van der Waals surface area contributed by atoms with Gasteiger partial charge in [-0.1, -0.05) is 6.07 Å². The highest BCUT2D eigenvalue weighted by atomic mass is 32.2. The summed E-state index contributed by atoms with van der Waals surface area (Å²) in [5.74, 6) is 0.704. The van der Waals surface area contributed by atoms with E-state index in [-0.39, 0.29) is 0 Å². The predicted molar refractivity (Wildman–Crippen MR) is 66.6 cm³/mol. The molecule has 0 spiro atoms. The van der Waals surface area contributed by atoms with Crippen LogP contribution in [0.25, 0.3) is 10.7 Å². The molecule has 2 heterocycles. The molecule has 2 rings (SSSR count). The summed E-state index contributed by atoms with van der Waals surface area (Å²) in [4.78, 5) is 9.79. The number of nitriles is 1. The van der Waals surface area contributed by atoms with E-state index in [9.17, 15) is 0 Å². The fourth-order valence-corrected chi connectivity index (χ4v) is 2.57. The SMILES string of the molecule is CSc1nc(-c2cccs2)nc(C)c1C#N. The van der Waals surface area contributed by atoms with E-state index >= 15 is 0 Å². The molecule has 0 amide bonds. The molecule has 0 saturated heterocycles. The van der Waals surface area contributed by atoms with E-state index in [2.05, 4.69) is 16.0 Å². The number of thioether (sulfide) groups is 1. The minimum Gasteiger partial charge on any atom is -0.231 e. The van der Waals surface area contributed by atoms with Crippen molar-refractivity contribution < 1.29 is 0 Å². The summed E-state index contributed by atoms with van der Waals surface area (Å²) in [6.07, 6.45) is 1.92. The van der Waals surface area contributed by atoms with Crippen molar-refractivity contribution in [3.05, 3.63) is 28.8 Å². The Bertz CT molecular complexity index is 541. The van der Waals surface area contributed by atoms with E-state index in [0.717, 1.165) is 15.6 Å². The zero-order valence-corrected chi connectivity index (χ0v) is 10.5. The molecule has 16 heavy (non-hydrogen) atoms. The molecule has 0 aliphatic rings. The molecular weight excluding hydrogens is 238 g/mol. The third-order valence-corrected chi connectivity index (χ3v) is 3.65. The Hall–Kier alpha value is -1.38. The van der Waals surface area contributed by atoms with Crippen LogP contribution in [0.5, 0.6) is 0 Å². The molecule has 80 valence electrons. The van der Waals surface area contributed by atoms with Gasteiger partial charge in [0.05, 0.1) is 10.6 Å². The molecule has 0 fully saturated rings. The summed E-state index contributed by atoms with van der Waals surface area (Å²) in [5.41, 5.74) is 1.32. The molecule has 0 bridgehead atoms. The molecule has 0 aromatic carbocycles. The first-order valence-corrected chi connectivity index (χ1v) is 6.73. The lowest BCUT2D eigenvalue weighted by Crippen LogP contribution is -1.98. The number of nitrogens with zero attached hydrogens (tertiary/aromatic N) is 3. The Balaban J connectivity index is 2.60. The van der Waals surface area contributed by atoms with Gasteiger partial charge in [-0.2, -0.15) is 5.26 Å². The molecule has 0 N–H and O–H groups in total. The van der Waals surface area contributed by atoms with Gasteiger partial charge in [0.25, 0.3) is 0 Å². The third-order valence-electron chi connectivity index (χ3n) is 2.10. The van der Waals surface area contributed by atoms with Crippen LogP contribution in [0.4, 0.5) is 0 Å². The second-order valence-electron chi connectivity index (χ2n) is 3.11. The van der Waals surface area contributed by atoms with E-state index < -0.39 is 0 Å². The number of hydrogen-bond donors (Lipinski definition) is 0. The van der Waals surface area contributed by atoms with Gasteiger partial charge in [0.2, 0.25) is 0 Å². The van der Waals surface area contributed by atoms with Gasteiger partial charge in [-0.25, -0.2) is 9.97 Å². The summed E-state index contributed by atoms with van der Waals surface area (Å²) in [6, 6.07) is 6.09. The van der Waals surface area contributed by atoms with E-state index in [1.165, 1.54) is 11.8 Å². The van der Waals surface area contributed by atoms with Crippen molar-refractivity contribution in [1.82, 2.24) is 9.97 Å². The molecule has 0 radical (unpaired) electrons. The highest BCUT2D eigenvalue weighted by Crippen LogP contribution is 2.26. The van der Waals surface area contributed by atoms with Crippen molar-refractivity contribution in [1.29, 1.82) is 5.26 Å². The van der Waals surface area contributed by atoms with Gasteiger partial charge in [-0.15, -0.1) is 23.1 Å². The molecule has 3 nitrogen and oxygen atoms in total. The zero-order valence-electron chi connectivity index (χ0n) is 8.89. The molecule has 2 aromatic rings. The molecule has 0 aliphatic carbocycles. The highest BCUT2D eigenvalue weighted by molar-refractivity contribution is 7.98. The van der Waals surface area contributed by atoms with Crippen LogP contribution in [0.15, 0.2) is 22.5 Å². The average Bonchev–Trinajstić information content (AvgIpc) is 2.81. The van der Waals surface area contributed by atoms with Crippen molar-refractivity contribution in [3.8, 4) is 16.8 Å². The van der Waals surface area contributed by atoms with Crippen LogP contribution in [0.2, 0.25) is 0 Å². The van der Waals surface area contributed by atoms with Gasteiger partial charge in [-0.05, 0) is 24.6 Å². The first-order valence-electron chi connectivity index (χ1n) is 4.63. The molecule has 0 saturated carbocycles. The standard InChI is InChI=1S/C11H9N3S2/c1-7-8(6-12)11(15-2)14-10(13-7)9-4-3-5-16-9/h3-5H,1-2H3. The second-order valence-corrected chi connectivity index (χ2v) is 4.85. The van der Waals surface area contributed by atoms with Crippen LogP contribution in [0.3, 0.4) is 0 Å². The summed E-state index contributed by atoms with van der Waals surface area (Å²) in [5, 5.41) is 11.8. The number of rotatable bonds is 2. The number of hydrogen-bond acceptors (Lipinski definition) is 5. The molecule has 2 aromatic heterocycles. The van der Waals surface area contributed by atoms with Crippen LogP contribution < -0.4 is 0 Å². The van der Waals surface area contributed by atoms with E-state index in [4.69, 9.17) is 5.26 Å². The topological polar surface area (TPSA) is 49.6 Å². The fourth-order valence-electron chi connectivity index (χ4n) is 1.34. The van der Waals surface area contributed by atoms with Crippen LogP contribution in [-0.2, 0) is 0 Å². The lowest BCUT2D eigenvalue weighted by Gasteiger charge is -2.05. The maximum atomic E-state index is 9.01. The third kappa shape index (κ3) is 1.94. The Morgan fingerprint density at radius 3 is 2.81 bits per heavy atom. The quantitative estimate of drug-likeness (QED) is 0.604. The Kier molecular flexibility index (Phi) is 3.22. The van der Waals surface area contributed by atoms with Gasteiger partial charge >= 0.3 is 0 Å². The Morgan fingerprint density at radius 1 is 1.44 bits per heavy atom. The summed E-state index contributed by atoms with van der Waals surface area (Å²) < 4.78 is 0. The molecule has 0 unspecified atom stereocenters. The van der Waals surface area contributed by atoms with E-state index in [0.29, 0.717) is 11.4 Å². The van der Waals surface area contributed by atoms with Crippen LogP contribution >= 0.6 is 23.1 Å². The Morgan fingerprint density at radius 2 is 2.25 bits per heavy atom. The van der Waals surface area contributed by atoms with Crippen molar-refractivity contribution in [2.24, 2.45) is 0 Å². The van der Waals surface area contributed by atoms with Crippen molar-refractivity contribution in [2.45, 2.75) is 11.9 Å². The first-order chi connectivity index (χ1) is 7.76. The van der Waals surface area contributed by atoms with Gasteiger partial charge in [-0.3, -0.25) is 0 Å². The highest BCUT2D eigenvalue weighted by Gasteiger charge is 2.12. The summed E-state index contributed by atoms with van der Waals surface area (Å²) >= 11 is 3.08. The normalized spacial score (nSPS) is 10.1. The van der Waals surface area contributed by atoms with Crippen LogP contribution in [0, 0.1) is 18.3 Å². The number of aromatic nitrogens is 2. The molecule has 5 heteroatoms. The molecule has 0 aliphatic heterocycles. The monoisotopic (exact) mass is 247 g/mol. The maximum absolute atomic E-state index is 9.01. The minimum absolute atomic E-state index is 0.577. The van der Waals surface area contributed by atoms with E-state index in [1.807, 2.05) is 30.7 Å². The zero-order chi connectivity index (χ0) is 11.5. The van der Waals surface area contributed by atoms with Gasteiger partial charge < -0.3 is 0 Å². The largest absolute Gasteiger partial charge is 0.231 e. The summed E-state index contributed by atoms with van der Waals surface area (Å²) in [6.45, 7) is 1.84. The number of aryl methyl sites for hydroxylation is 1. The van der Waals surface area contributed by atoms with Crippen molar-refractivity contribution in [3.63, 3.8) is 0 Å². The van der Waals surface area contributed by atoms with E-state index in [1.54, 1.807) is 11.3 Å². The molecular formula is C11H9N3S2. The predicted octanol–water partition coefficient (Wildman–Crippen LogP) is 3.11. The van der Waals surface area contributed by atoms with Gasteiger partial charge in [0.1, 0.15) is 16.7 Å². The number of thiophene rings is 1. The smallest absolute Gasteiger partial charge is 0.170 e. The van der Waals surface area contributed by atoms with Crippen LogP contribution in [-0.4, -0.2) is 16.2 Å². The minimum atomic E-state index is 0.577. The van der Waals surface area contributed by atoms with Gasteiger partial charge in [0.15, 0.2) is 5.82 Å². The van der Waals surface area contributed by atoms with Crippen molar-refractivity contribution >= 4 is 23.1 Å². The van der Waals surface area contributed by atoms with Crippen LogP contribution in [0.1, 0.15) is 11.3 Å². The fraction of sp³-hybridized carbons (Fsp3) is 0.182. The lowest BCUT2D eigenvalue weighted by molar-refractivity contribution is 1.00. The average molecular weight is 247 g/mol. The van der Waals surface area contributed by atoms with Crippen molar-refractivity contribution in [2.75, 3.05) is 6.26 Å².